The third kappa shape index (κ3) is 27.6. The van der Waals surface area contributed by atoms with Gasteiger partial charge < -0.3 is 39.9 Å². The van der Waals surface area contributed by atoms with E-state index in [1.54, 1.807) is 0 Å². The number of unbranched alkanes of at least 4 members (excludes halogenated alkanes) is 16. The van der Waals surface area contributed by atoms with Crippen LogP contribution in [0.2, 0.25) is 0 Å². The molecule has 12 nitrogen and oxygen atoms in total. The first-order valence-electron chi connectivity index (χ1n) is 22.0. The number of hydrogen-bond donors (Lipinski definition) is 6. The minimum atomic E-state index is -5.02. The fraction of sp³-hybridized carbons (Fsp3) is 0.795. The molecule has 1 rings (SSSR count). The minimum absolute atomic E-state index is 0.0909. The van der Waals surface area contributed by atoms with Crippen LogP contribution in [0, 0.1) is 0 Å². The Kier molecular flexibility index (Phi) is 32.8. The maximum absolute atomic E-state index is 12.8. The van der Waals surface area contributed by atoms with Crippen LogP contribution in [0.4, 0.5) is 0 Å². The van der Waals surface area contributed by atoms with Gasteiger partial charge in [-0.2, -0.15) is 0 Å². The molecule has 0 spiro atoms. The molecule has 13 heteroatoms. The molecule has 0 aromatic heterocycles. The highest BCUT2D eigenvalue weighted by molar-refractivity contribution is 7.47. The normalized spacial score (nSPS) is 23.3. The van der Waals surface area contributed by atoms with E-state index < -0.39 is 63.1 Å². The molecular weight excluding hydrogens is 751 g/mol. The summed E-state index contributed by atoms with van der Waals surface area (Å²) in [6, 6.07) is 0. The largest absolute Gasteiger partial charge is 0.472 e. The van der Waals surface area contributed by atoms with Crippen molar-refractivity contribution in [1.82, 2.24) is 0 Å². The summed E-state index contributed by atoms with van der Waals surface area (Å²) in [5.41, 5.74) is 0. The van der Waals surface area contributed by atoms with E-state index in [4.69, 9.17) is 18.5 Å². The first-order valence-corrected chi connectivity index (χ1v) is 23.5. The maximum Gasteiger partial charge on any atom is 0.472 e. The lowest BCUT2D eigenvalue weighted by Crippen LogP contribution is -2.64. The minimum Gasteiger partial charge on any atom is -0.457 e. The van der Waals surface area contributed by atoms with Gasteiger partial charge in [0.1, 0.15) is 42.7 Å². The second-order valence-electron chi connectivity index (χ2n) is 15.2. The van der Waals surface area contributed by atoms with Crippen molar-refractivity contribution in [2.75, 3.05) is 19.8 Å². The number of phosphoric ester groups is 1. The van der Waals surface area contributed by atoms with E-state index in [0.29, 0.717) is 13.0 Å². The summed E-state index contributed by atoms with van der Waals surface area (Å²) in [7, 11) is -5.02. The van der Waals surface area contributed by atoms with Gasteiger partial charge in [0.25, 0.3) is 0 Å². The van der Waals surface area contributed by atoms with Gasteiger partial charge in [0.05, 0.1) is 13.2 Å². The Morgan fingerprint density at radius 1 is 0.561 bits per heavy atom. The summed E-state index contributed by atoms with van der Waals surface area (Å²) in [6.45, 7) is 4.12. The van der Waals surface area contributed by atoms with Gasteiger partial charge in [0.2, 0.25) is 0 Å². The molecule has 1 fully saturated rings. The molecule has 1 saturated carbocycles. The molecule has 0 aliphatic heterocycles. The number of carbonyl (C=O) groups excluding carboxylic acids is 1. The molecule has 1 aliphatic carbocycles. The number of rotatable bonds is 36. The van der Waals surface area contributed by atoms with E-state index in [-0.39, 0.29) is 13.0 Å². The first-order chi connectivity index (χ1) is 27.5. The van der Waals surface area contributed by atoms with Crippen LogP contribution in [0.25, 0.3) is 0 Å². The fourth-order valence-electron chi connectivity index (χ4n) is 6.36. The Labute approximate surface area is 344 Å². The van der Waals surface area contributed by atoms with Crippen molar-refractivity contribution in [1.29, 1.82) is 0 Å². The quantitative estimate of drug-likeness (QED) is 0.0153. The Hall–Kier alpha value is -1.70. The summed E-state index contributed by atoms with van der Waals surface area (Å²) < 4.78 is 34.1. The van der Waals surface area contributed by atoms with E-state index in [2.05, 4.69) is 62.5 Å². The topological polar surface area (TPSA) is 192 Å². The van der Waals surface area contributed by atoms with Crippen molar-refractivity contribution < 1.29 is 58.3 Å². The van der Waals surface area contributed by atoms with Crippen molar-refractivity contribution in [2.24, 2.45) is 0 Å². The average molecular weight is 831 g/mol. The van der Waals surface area contributed by atoms with Gasteiger partial charge in [-0.05, 0) is 70.6 Å². The Balaban J connectivity index is 2.43. The summed E-state index contributed by atoms with van der Waals surface area (Å²) in [4.78, 5) is 23.1. The van der Waals surface area contributed by atoms with Crippen molar-refractivity contribution in [3.8, 4) is 0 Å². The molecule has 0 bridgehead atoms. The smallest absolute Gasteiger partial charge is 0.457 e. The molecule has 0 radical (unpaired) electrons. The first kappa shape index (κ1) is 53.3. The van der Waals surface area contributed by atoms with Gasteiger partial charge in [-0.25, -0.2) is 4.57 Å². The Bertz CT molecular complexity index is 1130. The predicted octanol–water partition coefficient (Wildman–Crippen LogP) is 8.47. The SMILES string of the molecule is CCC/C=C\C/C=C\CCCCCCCC(=O)OC(COCCCCCCCC/C=C\C/C=C\CCCCCC)COP(=O)(O)OC1C(O)C(O)C(O)C(O)C1O. The molecular formula is C44H79O12P. The number of allylic oxidation sites excluding steroid dienone is 8. The van der Waals surface area contributed by atoms with E-state index in [1.807, 2.05) is 0 Å². The predicted molar refractivity (Wildman–Crippen MR) is 225 cm³/mol. The zero-order valence-electron chi connectivity index (χ0n) is 35.1. The van der Waals surface area contributed by atoms with Gasteiger partial charge in [0.15, 0.2) is 0 Å². The molecule has 0 amide bonds. The summed E-state index contributed by atoms with van der Waals surface area (Å²) in [5, 5.41) is 50.1. The van der Waals surface area contributed by atoms with Crippen molar-refractivity contribution in [2.45, 2.75) is 204 Å². The molecule has 57 heavy (non-hydrogen) atoms. The van der Waals surface area contributed by atoms with E-state index in [9.17, 15) is 39.8 Å². The van der Waals surface area contributed by atoms with Crippen LogP contribution in [0.1, 0.15) is 162 Å². The van der Waals surface area contributed by atoms with Gasteiger partial charge >= 0.3 is 13.8 Å². The molecule has 0 saturated heterocycles. The fourth-order valence-corrected chi connectivity index (χ4v) is 7.34. The summed E-state index contributed by atoms with van der Waals surface area (Å²) >= 11 is 0. The lowest BCUT2D eigenvalue weighted by Gasteiger charge is -2.41. The van der Waals surface area contributed by atoms with Crippen LogP contribution in [0.3, 0.4) is 0 Å². The van der Waals surface area contributed by atoms with E-state index >= 15 is 0 Å². The second kappa shape index (κ2) is 35.1. The number of aliphatic hydroxyl groups excluding tert-OH is 5. The van der Waals surface area contributed by atoms with E-state index in [1.165, 1.54) is 38.5 Å². The molecule has 0 aromatic carbocycles. The lowest BCUT2D eigenvalue weighted by molar-refractivity contribution is -0.220. The second-order valence-corrected chi connectivity index (χ2v) is 16.6. The maximum atomic E-state index is 12.8. The third-order valence-corrected chi connectivity index (χ3v) is 10.9. The lowest BCUT2D eigenvalue weighted by atomic mass is 9.85. The number of carbonyl (C=O) groups is 1. The highest BCUT2D eigenvalue weighted by atomic mass is 31.2. The van der Waals surface area contributed by atoms with Crippen molar-refractivity contribution in [3.63, 3.8) is 0 Å². The van der Waals surface area contributed by atoms with Crippen LogP contribution in [0.15, 0.2) is 48.6 Å². The van der Waals surface area contributed by atoms with Gasteiger partial charge in [0, 0.05) is 13.0 Å². The van der Waals surface area contributed by atoms with Crippen LogP contribution < -0.4 is 0 Å². The summed E-state index contributed by atoms with van der Waals surface area (Å²) in [5.74, 6) is -0.498. The Morgan fingerprint density at radius 2 is 1.02 bits per heavy atom. The van der Waals surface area contributed by atoms with Crippen molar-refractivity contribution >= 4 is 13.8 Å². The molecule has 6 atom stereocenters. The number of aliphatic hydroxyl groups is 5. The molecule has 6 N–H and O–H groups in total. The third-order valence-electron chi connectivity index (χ3n) is 9.91. The standard InChI is InChI=1S/C44H79O12P/c1-3-5-7-9-11-13-15-17-18-19-20-22-24-26-28-30-32-34-53-35-37(36-54-57(51,52)56-44-42(49)40(47)39(46)41(48)43(44)50)55-38(45)33-31-29-27-25-23-21-16-14-12-10-8-6-4-2/h8,10,13-16,18-19,37,39-44,46-50H,3-7,9,11-12,17,20-36H2,1-2H3,(H,51,52)/b10-8-,15-13-,16-14-,19-18-. The number of ether oxygens (including phenoxy) is 2. The zero-order chi connectivity index (χ0) is 42.0. The highest BCUT2D eigenvalue weighted by Crippen LogP contribution is 2.47. The van der Waals surface area contributed by atoms with Gasteiger partial charge in [-0.3, -0.25) is 13.8 Å². The van der Waals surface area contributed by atoms with Gasteiger partial charge in [-0.15, -0.1) is 0 Å². The van der Waals surface area contributed by atoms with Crippen LogP contribution in [-0.2, 0) is 27.9 Å². The van der Waals surface area contributed by atoms with Crippen LogP contribution in [-0.4, -0.2) is 98.9 Å². The monoisotopic (exact) mass is 831 g/mol. The van der Waals surface area contributed by atoms with E-state index in [0.717, 1.165) is 96.3 Å². The van der Waals surface area contributed by atoms with Crippen LogP contribution in [0.5, 0.6) is 0 Å². The molecule has 1 aliphatic rings. The molecule has 0 aromatic rings. The number of hydrogen-bond acceptors (Lipinski definition) is 11. The van der Waals surface area contributed by atoms with Gasteiger partial charge in [-0.1, -0.05) is 133 Å². The number of phosphoric acid groups is 1. The average Bonchev–Trinajstić information content (AvgIpc) is 3.19. The molecule has 332 valence electrons. The Morgan fingerprint density at radius 3 is 1.54 bits per heavy atom. The molecule has 0 heterocycles. The van der Waals surface area contributed by atoms with Crippen molar-refractivity contribution in [3.05, 3.63) is 48.6 Å². The molecule has 6 unspecified atom stereocenters. The highest BCUT2D eigenvalue weighted by Gasteiger charge is 2.51. The van der Waals surface area contributed by atoms with Crippen LogP contribution >= 0.6 is 7.82 Å². The summed E-state index contributed by atoms with van der Waals surface area (Å²) in [6.07, 6.45) is 28.9. The number of esters is 1. The zero-order valence-corrected chi connectivity index (χ0v) is 36.0.